The summed E-state index contributed by atoms with van der Waals surface area (Å²) < 4.78 is 38.7. The van der Waals surface area contributed by atoms with E-state index in [0.29, 0.717) is 25.3 Å². The minimum atomic E-state index is -3.67. The highest BCUT2D eigenvalue weighted by Gasteiger charge is 2.30. The maximum absolute atomic E-state index is 13.1. The number of carbonyl (C=O) groups excluding carboxylic acids is 1. The highest BCUT2D eigenvalue weighted by Crippen LogP contribution is 2.31. The van der Waals surface area contributed by atoms with Crippen molar-refractivity contribution in [1.82, 2.24) is 4.31 Å². The van der Waals surface area contributed by atoms with E-state index in [4.69, 9.17) is 9.47 Å². The Hall–Kier alpha value is -1.68. The third-order valence-electron chi connectivity index (χ3n) is 5.41. The van der Waals surface area contributed by atoms with Gasteiger partial charge in [-0.15, -0.1) is 0 Å². The van der Waals surface area contributed by atoms with Crippen LogP contribution in [0.5, 0.6) is 5.75 Å². The highest BCUT2D eigenvalue weighted by molar-refractivity contribution is 7.89. The third kappa shape index (κ3) is 5.48. The third-order valence-corrected chi connectivity index (χ3v) is 7.33. The summed E-state index contributed by atoms with van der Waals surface area (Å²) in [4.78, 5) is 13.8. The molecular formula is C20H32N3O5S+. The van der Waals surface area contributed by atoms with Crippen LogP contribution in [0, 0.1) is 0 Å². The first-order chi connectivity index (χ1) is 13.8. The fourth-order valence-electron chi connectivity index (χ4n) is 4.17. The minimum absolute atomic E-state index is 0.0978. The van der Waals surface area contributed by atoms with Crippen LogP contribution >= 0.6 is 0 Å². The van der Waals surface area contributed by atoms with Crippen LogP contribution in [0.15, 0.2) is 23.1 Å². The number of rotatable bonds is 6. The molecule has 0 bridgehead atoms. The lowest BCUT2D eigenvalue weighted by atomic mass is 10.2. The van der Waals surface area contributed by atoms with E-state index in [2.05, 4.69) is 5.32 Å². The summed E-state index contributed by atoms with van der Waals surface area (Å²) in [6.07, 6.45) is 2.99. The van der Waals surface area contributed by atoms with Crippen molar-refractivity contribution in [3.05, 3.63) is 18.2 Å². The molecule has 2 heterocycles. The molecule has 2 aliphatic heterocycles. The van der Waals surface area contributed by atoms with Crippen molar-refractivity contribution in [2.24, 2.45) is 0 Å². The number of morpholine rings is 1. The number of piperidine rings is 1. The number of methoxy groups -OCH3 is 1. The molecule has 2 fully saturated rings. The Bertz CT molecular complexity index is 813. The molecule has 1 aromatic carbocycles. The van der Waals surface area contributed by atoms with Gasteiger partial charge in [0.25, 0.3) is 5.91 Å². The van der Waals surface area contributed by atoms with Gasteiger partial charge in [-0.05, 0) is 44.9 Å². The number of hydrogen-bond acceptors (Lipinski definition) is 5. The summed E-state index contributed by atoms with van der Waals surface area (Å²) in [7, 11) is -2.22. The molecule has 0 radical (unpaired) electrons. The molecule has 0 aliphatic carbocycles. The summed E-state index contributed by atoms with van der Waals surface area (Å²) in [5.41, 5.74) is 0.458. The van der Waals surface area contributed by atoms with Crippen molar-refractivity contribution in [1.29, 1.82) is 0 Å². The van der Waals surface area contributed by atoms with Crippen LogP contribution in [0.2, 0.25) is 0 Å². The Morgan fingerprint density at radius 2 is 1.86 bits per heavy atom. The van der Waals surface area contributed by atoms with E-state index in [-0.39, 0.29) is 28.8 Å². The average molecular weight is 427 g/mol. The van der Waals surface area contributed by atoms with E-state index >= 15 is 0 Å². The van der Waals surface area contributed by atoms with Crippen molar-refractivity contribution in [2.45, 2.75) is 50.2 Å². The zero-order chi connectivity index (χ0) is 21.0. The standard InChI is InChI=1S/C20H31N3O5S/c1-15-12-22(13-16(2)28-15)14-20(24)21-17-7-8-18(27-3)19(11-17)29(25,26)23-9-5-4-6-10-23/h7-8,11,15-16H,4-6,9-10,12-14H2,1-3H3,(H,21,24)/p+1/t15-,16-/m1/s1. The Labute approximate surface area is 173 Å². The van der Waals surface area contributed by atoms with Crippen LogP contribution in [0.4, 0.5) is 5.69 Å². The number of hydrogen-bond donors (Lipinski definition) is 2. The first-order valence-corrected chi connectivity index (χ1v) is 11.7. The largest absolute Gasteiger partial charge is 0.495 e. The molecule has 2 aliphatic rings. The van der Waals surface area contributed by atoms with Crippen LogP contribution in [0.25, 0.3) is 0 Å². The van der Waals surface area contributed by atoms with Crippen LogP contribution in [0.1, 0.15) is 33.1 Å². The maximum atomic E-state index is 13.1. The fraction of sp³-hybridized carbons (Fsp3) is 0.650. The number of benzene rings is 1. The summed E-state index contributed by atoms with van der Waals surface area (Å²) in [6.45, 7) is 6.91. The zero-order valence-corrected chi connectivity index (χ0v) is 18.3. The van der Waals surface area contributed by atoms with E-state index in [9.17, 15) is 13.2 Å². The number of carbonyl (C=O) groups is 1. The highest BCUT2D eigenvalue weighted by atomic mass is 32.2. The van der Waals surface area contributed by atoms with Gasteiger partial charge < -0.3 is 19.7 Å². The normalized spacial score (nSPS) is 26.1. The molecule has 3 rings (SSSR count). The smallest absolute Gasteiger partial charge is 0.279 e. The first-order valence-electron chi connectivity index (χ1n) is 10.3. The predicted molar refractivity (Wildman–Crippen MR) is 110 cm³/mol. The minimum Gasteiger partial charge on any atom is -0.495 e. The summed E-state index contributed by atoms with van der Waals surface area (Å²) in [5.74, 6) is 0.141. The summed E-state index contributed by atoms with van der Waals surface area (Å²) in [5, 5.41) is 2.85. The fourth-order valence-corrected chi connectivity index (χ4v) is 5.86. The lowest BCUT2D eigenvalue weighted by Crippen LogP contribution is -3.16. The van der Waals surface area contributed by atoms with Crippen LogP contribution in [0.3, 0.4) is 0 Å². The van der Waals surface area contributed by atoms with Gasteiger partial charge in [0.15, 0.2) is 6.54 Å². The molecule has 0 saturated carbocycles. The molecule has 1 aromatic rings. The van der Waals surface area contributed by atoms with E-state index in [1.807, 2.05) is 13.8 Å². The number of sulfonamides is 1. The second kappa shape index (κ2) is 9.42. The molecule has 162 valence electrons. The molecule has 0 unspecified atom stereocenters. The Kier molecular flexibility index (Phi) is 7.15. The van der Waals surface area contributed by atoms with E-state index in [1.165, 1.54) is 17.5 Å². The molecule has 29 heavy (non-hydrogen) atoms. The molecular weight excluding hydrogens is 394 g/mol. The number of amides is 1. The molecule has 1 amide bonds. The summed E-state index contributed by atoms with van der Waals surface area (Å²) >= 11 is 0. The average Bonchev–Trinajstić information content (AvgIpc) is 2.67. The van der Waals surface area contributed by atoms with Crippen LogP contribution in [-0.2, 0) is 19.6 Å². The van der Waals surface area contributed by atoms with Gasteiger partial charge in [-0.1, -0.05) is 6.42 Å². The van der Waals surface area contributed by atoms with Crippen molar-refractivity contribution in [3.63, 3.8) is 0 Å². The zero-order valence-electron chi connectivity index (χ0n) is 17.4. The number of quaternary nitrogens is 1. The van der Waals surface area contributed by atoms with Crippen molar-refractivity contribution >= 4 is 21.6 Å². The van der Waals surface area contributed by atoms with E-state index in [0.717, 1.165) is 37.3 Å². The monoisotopic (exact) mass is 426 g/mol. The molecule has 0 aromatic heterocycles. The van der Waals surface area contributed by atoms with Gasteiger partial charge >= 0.3 is 0 Å². The SMILES string of the molecule is COc1ccc(NC(=O)C[NH+]2C[C@@H](C)O[C@H](C)C2)cc1S(=O)(=O)N1CCCCC1. The van der Waals surface area contributed by atoms with Crippen molar-refractivity contribution in [3.8, 4) is 5.75 Å². The Morgan fingerprint density at radius 1 is 1.21 bits per heavy atom. The molecule has 8 nitrogen and oxygen atoms in total. The van der Waals surface area contributed by atoms with E-state index < -0.39 is 10.0 Å². The first kappa shape index (κ1) is 22.0. The number of anilines is 1. The topological polar surface area (TPSA) is 89.4 Å². The van der Waals surface area contributed by atoms with Gasteiger partial charge in [0, 0.05) is 18.8 Å². The number of nitrogens with zero attached hydrogens (tertiary/aromatic N) is 1. The number of nitrogens with one attached hydrogen (secondary N) is 2. The molecule has 0 spiro atoms. The molecule has 2 atom stereocenters. The van der Waals surface area contributed by atoms with Gasteiger partial charge in [0.1, 0.15) is 35.9 Å². The lowest BCUT2D eigenvalue weighted by molar-refractivity contribution is -0.907. The molecule has 2 N–H and O–H groups in total. The second-order valence-corrected chi connectivity index (χ2v) is 9.88. The molecule has 9 heteroatoms. The van der Waals surface area contributed by atoms with Crippen molar-refractivity contribution in [2.75, 3.05) is 45.2 Å². The van der Waals surface area contributed by atoms with Crippen LogP contribution < -0.4 is 15.0 Å². The Morgan fingerprint density at radius 3 is 2.48 bits per heavy atom. The van der Waals surface area contributed by atoms with E-state index in [1.54, 1.807) is 12.1 Å². The van der Waals surface area contributed by atoms with Crippen molar-refractivity contribution < 1.29 is 27.6 Å². The van der Waals surface area contributed by atoms with Gasteiger partial charge in [0.2, 0.25) is 10.0 Å². The van der Waals surface area contributed by atoms with Gasteiger partial charge in [0.05, 0.1) is 7.11 Å². The van der Waals surface area contributed by atoms with Crippen LogP contribution in [-0.4, -0.2) is 70.7 Å². The lowest BCUT2D eigenvalue weighted by Gasteiger charge is -2.31. The Balaban J connectivity index is 1.73. The van der Waals surface area contributed by atoms with Gasteiger partial charge in [-0.3, -0.25) is 4.79 Å². The molecule has 2 saturated heterocycles. The second-order valence-electron chi connectivity index (χ2n) is 7.97. The number of ether oxygens (including phenoxy) is 2. The quantitative estimate of drug-likeness (QED) is 0.692. The summed E-state index contributed by atoms with van der Waals surface area (Å²) in [6, 6.07) is 4.77. The van der Waals surface area contributed by atoms with Gasteiger partial charge in [-0.25, -0.2) is 8.42 Å². The van der Waals surface area contributed by atoms with Gasteiger partial charge in [-0.2, -0.15) is 4.31 Å². The maximum Gasteiger partial charge on any atom is 0.279 e. The predicted octanol–water partition coefficient (Wildman–Crippen LogP) is 0.500.